The van der Waals surface area contributed by atoms with Gasteiger partial charge in [-0.25, -0.2) is 9.97 Å². The predicted molar refractivity (Wildman–Crippen MR) is 73.7 cm³/mol. The molecule has 1 saturated heterocycles. The number of hydrogen-bond donors (Lipinski definition) is 0. The van der Waals surface area contributed by atoms with Gasteiger partial charge in [-0.2, -0.15) is 0 Å². The monoisotopic (exact) mass is 264 g/mol. The molecule has 0 N–H and O–H groups in total. The zero-order valence-corrected chi connectivity index (χ0v) is 12.5. The lowest BCUT2D eigenvalue weighted by Gasteiger charge is -2.32. The summed E-state index contributed by atoms with van der Waals surface area (Å²) in [5, 5.41) is 0. The summed E-state index contributed by atoms with van der Waals surface area (Å²) in [6.45, 7) is 10.1. The van der Waals surface area contributed by atoms with Crippen LogP contribution in [0.2, 0.25) is 0 Å². The first-order valence-corrected chi connectivity index (χ1v) is 6.55. The van der Waals surface area contributed by atoms with Gasteiger partial charge in [0.2, 0.25) is 5.88 Å². The van der Waals surface area contributed by atoms with Gasteiger partial charge in [0.15, 0.2) is 0 Å². The number of nitrogens with zero attached hydrogens (tertiary/aromatic N) is 2. The van der Waals surface area contributed by atoms with Gasteiger partial charge < -0.3 is 14.0 Å². The van der Waals surface area contributed by atoms with Crippen molar-refractivity contribution in [3.63, 3.8) is 0 Å². The van der Waals surface area contributed by atoms with E-state index in [9.17, 15) is 0 Å². The summed E-state index contributed by atoms with van der Waals surface area (Å²) in [6, 6.07) is 0. The highest BCUT2D eigenvalue weighted by atomic mass is 16.7. The van der Waals surface area contributed by atoms with Gasteiger partial charge in [-0.3, -0.25) is 0 Å². The van der Waals surface area contributed by atoms with Crippen LogP contribution >= 0.6 is 0 Å². The molecule has 104 valence electrons. The Morgan fingerprint density at radius 3 is 2.21 bits per heavy atom. The molecule has 0 bridgehead atoms. The molecule has 0 spiro atoms. The SMILES string of the molecule is CCc1ncnc(OC)c1B1OC(C)(C)C(C)(C)O1. The van der Waals surface area contributed by atoms with Gasteiger partial charge in [0.05, 0.1) is 23.8 Å². The van der Waals surface area contributed by atoms with Crippen molar-refractivity contribution in [2.75, 3.05) is 7.11 Å². The van der Waals surface area contributed by atoms with E-state index in [2.05, 4.69) is 9.97 Å². The van der Waals surface area contributed by atoms with Crippen LogP contribution in [0, 0.1) is 0 Å². The molecule has 0 aromatic carbocycles. The summed E-state index contributed by atoms with van der Waals surface area (Å²) < 4.78 is 17.4. The number of methoxy groups -OCH3 is 1. The Balaban J connectivity index is 2.44. The quantitative estimate of drug-likeness (QED) is 0.771. The molecule has 0 aliphatic carbocycles. The lowest BCUT2D eigenvalue weighted by molar-refractivity contribution is 0.00578. The van der Waals surface area contributed by atoms with Crippen LogP contribution in [0.25, 0.3) is 0 Å². The molecular weight excluding hydrogens is 243 g/mol. The van der Waals surface area contributed by atoms with Crippen LogP contribution in [0.3, 0.4) is 0 Å². The molecule has 0 amide bonds. The maximum Gasteiger partial charge on any atom is 0.502 e. The fraction of sp³-hybridized carbons (Fsp3) is 0.692. The highest BCUT2D eigenvalue weighted by molar-refractivity contribution is 6.63. The molecule has 0 radical (unpaired) electrons. The Morgan fingerprint density at radius 2 is 1.74 bits per heavy atom. The smallest absolute Gasteiger partial charge is 0.481 e. The lowest BCUT2D eigenvalue weighted by Crippen LogP contribution is -2.41. The Labute approximate surface area is 114 Å². The second-order valence-corrected chi connectivity index (χ2v) is 5.69. The molecule has 0 unspecified atom stereocenters. The van der Waals surface area contributed by atoms with Crippen molar-refractivity contribution in [2.24, 2.45) is 0 Å². The molecule has 1 aliphatic rings. The van der Waals surface area contributed by atoms with Crippen LogP contribution < -0.4 is 10.2 Å². The number of rotatable bonds is 3. The van der Waals surface area contributed by atoms with E-state index in [4.69, 9.17) is 14.0 Å². The van der Waals surface area contributed by atoms with E-state index in [-0.39, 0.29) is 11.2 Å². The average molecular weight is 264 g/mol. The molecule has 1 aromatic heterocycles. The summed E-state index contributed by atoms with van der Waals surface area (Å²) in [4.78, 5) is 8.45. The molecule has 2 rings (SSSR count). The van der Waals surface area contributed by atoms with Crippen molar-refractivity contribution in [3.8, 4) is 5.88 Å². The molecule has 0 saturated carbocycles. The summed E-state index contributed by atoms with van der Waals surface area (Å²) in [5.41, 5.74) is 0.920. The van der Waals surface area contributed by atoms with E-state index >= 15 is 0 Å². The number of hydrogen-bond acceptors (Lipinski definition) is 5. The minimum Gasteiger partial charge on any atom is -0.481 e. The van der Waals surface area contributed by atoms with Crippen molar-refractivity contribution < 1.29 is 14.0 Å². The number of aryl methyl sites for hydroxylation is 1. The van der Waals surface area contributed by atoms with Gasteiger partial charge in [-0.05, 0) is 34.1 Å². The third-order valence-electron chi connectivity index (χ3n) is 3.95. The lowest BCUT2D eigenvalue weighted by atomic mass is 9.77. The van der Waals surface area contributed by atoms with Crippen LogP contribution in [-0.2, 0) is 15.7 Å². The number of aromatic nitrogens is 2. The zero-order valence-electron chi connectivity index (χ0n) is 12.5. The Bertz CT molecular complexity index is 439. The van der Waals surface area contributed by atoms with Gasteiger partial charge in [0.1, 0.15) is 6.33 Å². The molecule has 6 heteroatoms. The molecule has 1 aromatic rings. The normalized spacial score (nSPS) is 20.6. The highest BCUT2D eigenvalue weighted by Gasteiger charge is 2.53. The van der Waals surface area contributed by atoms with E-state index in [1.807, 2.05) is 34.6 Å². The molecule has 5 nitrogen and oxygen atoms in total. The minimum absolute atomic E-state index is 0.385. The minimum atomic E-state index is -0.490. The van der Waals surface area contributed by atoms with Crippen molar-refractivity contribution in [1.29, 1.82) is 0 Å². The maximum absolute atomic E-state index is 6.05. The molecule has 1 aliphatic heterocycles. The van der Waals surface area contributed by atoms with Gasteiger partial charge in [-0.1, -0.05) is 6.92 Å². The Kier molecular flexibility index (Phi) is 3.58. The summed E-state index contributed by atoms with van der Waals surface area (Å²) in [5.74, 6) is 0.519. The first-order chi connectivity index (χ1) is 8.82. The van der Waals surface area contributed by atoms with E-state index in [1.54, 1.807) is 7.11 Å². The summed E-state index contributed by atoms with van der Waals surface area (Å²) in [7, 11) is 1.10. The average Bonchev–Trinajstić information content (AvgIpc) is 2.57. The largest absolute Gasteiger partial charge is 0.502 e. The maximum atomic E-state index is 6.05. The molecule has 0 atom stereocenters. The second kappa shape index (κ2) is 4.76. The third kappa shape index (κ3) is 2.34. The van der Waals surface area contributed by atoms with Crippen molar-refractivity contribution >= 4 is 12.6 Å². The zero-order chi connectivity index (χ0) is 14.3. The van der Waals surface area contributed by atoms with Crippen molar-refractivity contribution in [3.05, 3.63) is 12.0 Å². The van der Waals surface area contributed by atoms with Crippen LogP contribution in [0.15, 0.2) is 6.33 Å². The van der Waals surface area contributed by atoms with Gasteiger partial charge in [0.25, 0.3) is 0 Å². The van der Waals surface area contributed by atoms with Gasteiger partial charge in [0, 0.05) is 5.69 Å². The van der Waals surface area contributed by atoms with Crippen molar-refractivity contribution in [1.82, 2.24) is 9.97 Å². The van der Waals surface area contributed by atoms with Crippen LogP contribution in [0.5, 0.6) is 5.88 Å². The van der Waals surface area contributed by atoms with E-state index in [0.29, 0.717) is 5.88 Å². The molecule has 19 heavy (non-hydrogen) atoms. The van der Waals surface area contributed by atoms with E-state index < -0.39 is 7.12 Å². The number of ether oxygens (including phenoxy) is 1. The highest BCUT2D eigenvalue weighted by Crippen LogP contribution is 2.37. The molecule has 1 fully saturated rings. The first-order valence-electron chi connectivity index (χ1n) is 6.55. The van der Waals surface area contributed by atoms with Crippen LogP contribution in [0.1, 0.15) is 40.3 Å². The molecular formula is C13H21BN2O3. The Hall–Kier alpha value is -1.14. The first kappa shape index (κ1) is 14.3. The predicted octanol–water partition coefficient (Wildman–Crippen LogP) is 1.35. The fourth-order valence-electron chi connectivity index (χ4n) is 2.06. The van der Waals surface area contributed by atoms with Crippen LogP contribution in [-0.4, -0.2) is 35.4 Å². The van der Waals surface area contributed by atoms with Gasteiger partial charge >= 0.3 is 7.12 Å². The standard InChI is InChI=1S/C13H21BN2O3/c1-7-9-10(11(17-6)16-8-15-9)14-18-12(2,3)13(4,5)19-14/h8H,7H2,1-6H3. The van der Waals surface area contributed by atoms with Crippen molar-refractivity contribution in [2.45, 2.75) is 52.2 Å². The molecule has 2 heterocycles. The fourth-order valence-corrected chi connectivity index (χ4v) is 2.06. The third-order valence-corrected chi connectivity index (χ3v) is 3.95. The van der Waals surface area contributed by atoms with E-state index in [1.165, 1.54) is 6.33 Å². The van der Waals surface area contributed by atoms with Crippen LogP contribution in [0.4, 0.5) is 0 Å². The Morgan fingerprint density at radius 1 is 1.16 bits per heavy atom. The topological polar surface area (TPSA) is 53.5 Å². The second-order valence-electron chi connectivity index (χ2n) is 5.69. The summed E-state index contributed by atoms with van der Waals surface area (Å²) >= 11 is 0. The van der Waals surface area contributed by atoms with E-state index in [0.717, 1.165) is 17.6 Å². The summed E-state index contributed by atoms with van der Waals surface area (Å²) in [6.07, 6.45) is 2.28. The van der Waals surface area contributed by atoms with Gasteiger partial charge in [-0.15, -0.1) is 0 Å².